The monoisotopic (exact) mass is 970 g/mol. The highest BCUT2D eigenvalue weighted by Gasteiger charge is 2.47. The molecule has 4 fully saturated rings. The quantitative estimate of drug-likeness (QED) is 0.105. The minimum atomic E-state index is -0.140. The normalized spacial score (nSPS) is 19.7. The molecule has 4 aliphatic rings. The molecule has 4 heterocycles. The van der Waals surface area contributed by atoms with Crippen LogP contribution < -0.4 is 20.4 Å². The van der Waals surface area contributed by atoms with E-state index in [0.29, 0.717) is 67.1 Å². The molecule has 2 aliphatic carbocycles. The maximum absolute atomic E-state index is 13.0. The fraction of sp³-hybridized carbons (Fsp3) is 0.345. The molecule has 2 aromatic heterocycles. The summed E-state index contributed by atoms with van der Waals surface area (Å²) in [4.78, 5) is 68.5. The third-order valence-corrected chi connectivity index (χ3v) is 14.4. The molecule has 4 amide bonds. The molecule has 5 atom stereocenters. The summed E-state index contributed by atoms with van der Waals surface area (Å²) in [5.74, 6) is 3.00. The molecule has 4 aromatic carbocycles. The molecule has 2 N–H and O–H groups in total. The molecule has 0 radical (unpaired) electrons. The van der Waals surface area contributed by atoms with E-state index in [-0.39, 0.29) is 41.5 Å². The Morgan fingerprint density at radius 3 is 1.52 bits per heavy atom. The van der Waals surface area contributed by atoms with Crippen LogP contribution in [0.15, 0.2) is 152 Å². The maximum Gasteiger partial charge on any atom is 0.253 e. The molecule has 5 unspecified atom stereocenters. The number of rotatable bonds is 15. The van der Waals surface area contributed by atoms with Gasteiger partial charge in [0, 0.05) is 94.2 Å². The van der Waals surface area contributed by atoms with E-state index in [2.05, 4.69) is 66.8 Å². The number of carbonyl (C=O) groups is 4. The van der Waals surface area contributed by atoms with Gasteiger partial charge in [-0.25, -0.2) is 9.97 Å². The number of anilines is 2. The van der Waals surface area contributed by atoms with Gasteiger partial charge < -0.3 is 30.2 Å². The largest absolute Gasteiger partial charge is 0.353 e. The molecule has 6 aromatic rings. The van der Waals surface area contributed by atoms with Crippen LogP contribution in [0.25, 0.3) is 0 Å². The Hall–Kier alpha value is -7.05. The van der Waals surface area contributed by atoms with E-state index in [1.54, 1.807) is 12.4 Å². The van der Waals surface area contributed by atoms with Crippen LogP contribution in [-0.4, -0.2) is 108 Å². The fourth-order valence-electron chi connectivity index (χ4n) is 9.79. The van der Waals surface area contributed by atoms with Crippen LogP contribution in [0, 0.1) is 11.8 Å². The van der Waals surface area contributed by atoms with E-state index < -0.39 is 0 Å². The number of carbonyl (C=O) groups excluding carboxylic acids is 4. The predicted octanol–water partition coefficient (Wildman–Crippen LogP) is 8.44. The lowest BCUT2D eigenvalue weighted by molar-refractivity contribution is -0.133. The molecule has 12 nitrogen and oxygen atoms in total. The minimum Gasteiger partial charge on any atom is -0.353 e. The van der Waals surface area contributed by atoms with Crippen LogP contribution in [0.4, 0.5) is 11.6 Å². The maximum atomic E-state index is 13.0. The Morgan fingerprint density at radius 2 is 1.04 bits per heavy atom. The number of halogens is 1. The van der Waals surface area contributed by atoms with Crippen molar-refractivity contribution in [1.29, 1.82) is 0 Å². The number of benzene rings is 4. The van der Waals surface area contributed by atoms with Crippen molar-refractivity contribution in [2.45, 2.75) is 56.9 Å². The molecule has 0 bridgehead atoms. The van der Waals surface area contributed by atoms with Crippen molar-refractivity contribution in [2.75, 3.05) is 68.7 Å². The third kappa shape index (κ3) is 13.0. The predicted molar refractivity (Wildman–Crippen MR) is 280 cm³/mol. The van der Waals surface area contributed by atoms with Crippen LogP contribution >= 0.6 is 11.6 Å². The summed E-state index contributed by atoms with van der Waals surface area (Å²) in [6, 6.07) is 46.2. The SMILES string of the molecule is CC(CCc1ccccc1)NC(=O)c1ccc(N2CCN(C(=O)C3CC3c3ccccc3)CC2)nc1.O=C(NCCc1cccc(Cl)c1)c1ccc(N2CCN(C(=O)C3CC3c3ccccc3)CC2)nc1. The summed E-state index contributed by atoms with van der Waals surface area (Å²) in [5.41, 5.74) is 6.01. The number of hydrogen-bond acceptors (Lipinski definition) is 8. The number of nitrogens with zero attached hydrogens (tertiary/aromatic N) is 6. The van der Waals surface area contributed by atoms with Gasteiger partial charge >= 0.3 is 0 Å². The van der Waals surface area contributed by atoms with Crippen molar-refractivity contribution in [3.63, 3.8) is 0 Å². The Balaban J connectivity index is 0.000000176. The second kappa shape index (κ2) is 23.2. The van der Waals surface area contributed by atoms with Crippen molar-refractivity contribution in [1.82, 2.24) is 30.4 Å². The zero-order valence-corrected chi connectivity index (χ0v) is 41.2. The summed E-state index contributed by atoms with van der Waals surface area (Å²) < 4.78 is 0. The van der Waals surface area contributed by atoms with Gasteiger partial charge in [0.15, 0.2) is 0 Å². The highest BCUT2D eigenvalue weighted by Crippen LogP contribution is 2.49. The first kappa shape index (κ1) is 49.0. The van der Waals surface area contributed by atoms with Crippen molar-refractivity contribution in [2.24, 2.45) is 11.8 Å². The molecule has 0 spiro atoms. The Bertz CT molecular complexity index is 2710. The van der Waals surface area contributed by atoms with Gasteiger partial charge in [0.1, 0.15) is 11.6 Å². The van der Waals surface area contributed by atoms with Crippen LogP contribution in [0.5, 0.6) is 0 Å². The van der Waals surface area contributed by atoms with E-state index >= 15 is 0 Å². The molecular weight excluding hydrogens is 908 g/mol. The first-order chi connectivity index (χ1) is 34.7. The lowest BCUT2D eigenvalue weighted by Crippen LogP contribution is -2.49. The summed E-state index contributed by atoms with van der Waals surface area (Å²) in [6.45, 7) is 8.37. The topological polar surface area (TPSA) is 131 Å². The number of amides is 4. The van der Waals surface area contributed by atoms with Gasteiger partial charge in [0.2, 0.25) is 11.8 Å². The average molecular weight is 972 g/mol. The molecule has 2 saturated carbocycles. The van der Waals surface area contributed by atoms with Gasteiger partial charge in [-0.05, 0) is 110 Å². The van der Waals surface area contributed by atoms with Crippen molar-refractivity contribution >= 4 is 46.9 Å². The van der Waals surface area contributed by atoms with E-state index in [4.69, 9.17) is 11.6 Å². The van der Waals surface area contributed by atoms with E-state index in [0.717, 1.165) is 69.1 Å². The zero-order valence-electron chi connectivity index (χ0n) is 40.4. The summed E-state index contributed by atoms with van der Waals surface area (Å²) in [7, 11) is 0. The van der Waals surface area contributed by atoms with Gasteiger partial charge in [0.05, 0.1) is 11.1 Å². The standard InChI is InChI=1S/C30H34N4O2.C28H29ClN4O2/c1-22(12-13-23-8-4-2-5-9-23)32-29(35)25-14-15-28(31-21-25)33-16-18-34(19-17-33)30(36)27-20-26(27)24-10-6-3-7-11-24;29-23-8-4-5-20(17-23)11-12-30-27(34)22-9-10-26(31-19-22)32-13-15-33(16-14-32)28(35)25-18-24(25)21-6-2-1-3-7-21/h2-11,14-15,21-22,26-27H,12-13,16-20H2,1H3,(H,32,35);1-10,17,19,24-25H,11-16,18H2,(H,30,34). The van der Waals surface area contributed by atoms with Crippen LogP contribution in [-0.2, 0) is 22.4 Å². The summed E-state index contributed by atoms with van der Waals surface area (Å²) in [5, 5.41) is 6.71. The highest BCUT2D eigenvalue weighted by atomic mass is 35.5. The molecule has 366 valence electrons. The van der Waals surface area contributed by atoms with Gasteiger partial charge in [-0.1, -0.05) is 115 Å². The number of aryl methyl sites for hydroxylation is 1. The first-order valence-electron chi connectivity index (χ1n) is 25.1. The van der Waals surface area contributed by atoms with Gasteiger partial charge in [-0.3, -0.25) is 19.2 Å². The first-order valence-corrected chi connectivity index (χ1v) is 25.5. The lowest BCUT2D eigenvalue weighted by atomic mass is 10.1. The third-order valence-electron chi connectivity index (χ3n) is 14.2. The average Bonchev–Trinajstić information content (AvgIpc) is 4.37. The van der Waals surface area contributed by atoms with Crippen molar-refractivity contribution < 1.29 is 19.2 Å². The second-order valence-electron chi connectivity index (χ2n) is 19.2. The zero-order chi connectivity index (χ0) is 49.1. The van der Waals surface area contributed by atoms with Crippen molar-refractivity contribution in [3.05, 3.63) is 190 Å². The summed E-state index contributed by atoms with van der Waals surface area (Å²) in [6.07, 6.45) is 7.72. The Morgan fingerprint density at radius 1 is 0.563 bits per heavy atom. The lowest BCUT2D eigenvalue weighted by Gasteiger charge is -2.35. The number of piperazine rings is 2. The smallest absolute Gasteiger partial charge is 0.253 e. The highest BCUT2D eigenvalue weighted by molar-refractivity contribution is 6.30. The number of nitrogens with one attached hydrogen (secondary N) is 2. The number of hydrogen-bond donors (Lipinski definition) is 2. The van der Waals surface area contributed by atoms with Gasteiger partial charge in [-0.2, -0.15) is 0 Å². The summed E-state index contributed by atoms with van der Waals surface area (Å²) >= 11 is 6.01. The van der Waals surface area contributed by atoms with E-state index in [9.17, 15) is 19.2 Å². The van der Waals surface area contributed by atoms with Gasteiger partial charge in [0.25, 0.3) is 11.8 Å². The molecule has 71 heavy (non-hydrogen) atoms. The van der Waals surface area contributed by atoms with E-state index in [1.807, 2.05) is 120 Å². The second-order valence-corrected chi connectivity index (χ2v) is 19.6. The van der Waals surface area contributed by atoms with Crippen LogP contribution in [0.3, 0.4) is 0 Å². The molecular formula is C58H63ClN8O4. The number of pyridine rings is 2. The molecule has 13 heteroatoms. The van der Waals surface area contributed by atoms with Crippen molar-refractivity contribution in [3.8, 4) is 0 Å². The Kier molecular flexibility index (Phi) is 16.0. The van der Waals surface area contributed by atoms with Crippen LogP contribution in [0.1, 0.15) is 81.0 Å². The Labute approximate surface area is 422 Å². The minimum absolute atomic E-state index is 0.0796. The molecule has 10 rings (SSSR count). The number of aromatic nitrogens is 2. The fourth-order valence-corrected chi connectivity index (χ4v) is 10.0. The molecule has 2 aliphatic heterocycles. The van der Waals surface area contributed by atoms with Gasteiger partial charge in [-0.15, -0.1) is 0 Å². The van der Waals surface area contributed by atoms with E-state index in [1.165, 1.54) is 16.7 Å². The molecule has 2 saturated heterocycles. The van der Waals surface area contributed by atoms with Crippen LogP contribution in [0.2, 0.25) is 5.02 Å².